The molecule has 0 saturated carbocycles. The topological polar surface area (TPSA) is 86.9 Å². The van der Waals surface area contributed by atoms with Crippen molar-refractivity contribution in [3.63, 3.8) is 0 Å². The fraction of sp³-hybridized carbons (Fsp3) is 0.0909. The van der Waals surface area contributed by atoms with E-state index in [9.17, 15) is 4.79 Å². The third-order valence-electron chi connectivity index (χ3n) is 2.53. The average molecular weight is 216 g/mol. The minimum absolute atomic E-state index is 0.236. The van der Waals surface area contributed by atoms with Gasteiger partial charge in [-0.05, 0) is 11.6 Å². The van der Waals surface area contributed by atoms with Crippen LogP contribution in [0.15, 0.2) is 18.7 Å². The van der Waals surface area contributed by atoms with Gasteiger partial charge in [0.05, 0.1) is 11.2 Å². The van der Waals surface area contributed by atoms with Gasteiger partial charge in [0.2, 0.25) is 0 Å². The first-order valence-corrected chi connectivity index (χ1v) is 4.73. The Hall–Kier alpha value is -2.30. The lowest BCUT2D eigenvalue weighted by atomic mass is 10.1. The Bertz CT molecular complexity index is 598. The van der Waals surface area contributed by atoms with Crippen molar-refractivity contribution in [1.82, 2.24) is 9.78 Å². The standard InChI is InChI=1S/C11H12N4O/c1-3-6-4-5-7-9(11(13)16)14-15(2)10(7)8(6)12/h3-5H,1,12H2,2H3,(H2,13,16). The summed E-state index contributed by atoms with van der Waals surface area (Å²) in [6.45, 7) is 3.67. The highest BCUT2D eigenvalue weighted by Crippen LogP contribution is 2.27. The molecule has 5 nitrogen and oxygen atoms in total. The number of amides is 1. The Morgan fingerprint density at radius 2 is 2.25 bits per heavy atom. The lowest BCUT2D eigenvalue weighted by Gasteiger charge is -2.03. The molecule has 0 aliphatic heterocycles. The van der Waals surface area contributed by atoms with Gasteiger partial charge >= 0.3 is 0 Å². The number of aromatic nitrogens is 2. The van der Waals surface area contributed by atoms with Crippen molar-refractivity contribution in [2.45, 2.75) is 0 Å². The van der Waals surface area contributed by atoms with Gasteiger partial charge in [0.15, 0.2) is 5.69 Å². The predicted octanol–water partition coefficient (Wildman–Crippen LogP) is 0.897. The molecule has 16 heavy (non-hydrogen) atoms. The van der Waals surface area contributed by atoms with Crippen LogP contribution in [0, 0.1) is 0 Å². The van der Waals surface area contributed by atoms with Gasteiger partial charge in [0, 0.05) is 12.4 Å². The van der Waals surface area contributed by atoms with E-state index in [0.717, 1.165) is 5.56 Å². The van der Waals surface area contributed by atoms with E-state index in [2.05, 4.69) is 11.7 Å². The number of nitrogens with zero attached hydrogens (tertiary/aromatic N) is 2. The molecule has 5 heteroatoms. The highest BCUT2D eigenvalue weighted by molar-refractivity contribution is 6.07. The summed E-state index contributed by atoms with van der Waals surface area (Å²) in [6.07, 6.45) is 1.66. The second-order valence-electron chi connectivity index (χ2n) is 3.51. The molecule has 1 aromatic heterocycles. The molecule has 0 radical (unpaired) electrons. The van der Waals surface area contributed by atoms with Gasteiger partial charge in [-0.3, -0.25) is 9.48 Å². The molecule has 1 heterocycles. The molecule has 4 N–H and O–H groups in total. The Morgan fingerprint density at radius 3 is 2.81 bits per heavy atom. The molecule has 2 rings (SSSR count). The van der Waals surface area contributed by atoms with Crippen LogP contribution in [-0.2, 0) is 7.05 Å². The second kappa shape index (κ2) is 3.37. The third kappa shape index (κ3) is 1.25. The van der Waals surface area contributed by atoms with E-state index < -0.39 is 5.91 Å². The molecule has 0 saturated heterocycles. The Kier molecular flexibility index (Phi) is 2.16. The largest absolute Gasteiger partial charge is 0.396 e. The minimum Gasteiger partial charge on any atom is -0.396 e. The van der Waals surface area contributed by atoms with Crippen LogP contribution in [0.4, 0.5) is 5.69 Å². The van der Waals surface area contributed by atoms with E-state index in [1.165, 1.54) is 0 Å². The van der Waals surface area contributed by atoms with Gasteiger partial charge < -0.3 is 11.5 Å². The fourth-order valence-electron chi connectivity index (χ4n) is 1.78. The molecule has 0 bridgehead atoms. The smallest absolute Gasteiger partial charge is 0.269 e. The number of rotatable bonds is 2. The maximum absolute atomic E-state index is 11.2. The lowest BCUT2D eigenvalue weighted by molar-refractivity contribution is 0.0996. The summed E-state index contributed by atoms with van der Waals surface area (Å²) in [5, 5.41) is 4.72. The summed E-state index contributed by atoms with van der Waals surface area (Å²) in [5.74, 6) is -0.559. The minimum atomic E-state index is -0.559. The molecular weight excluding hydrogens is 204 g/mol. The Balaban J connectivity index is 2.91. The van der Waals surface area contributed by atoms with Gasteiger partial charge in [-0.15, -0.1) is 0 Å². The summed E-state index contributed by atoms with van der Waals surface area (Å²) in [7, 11) is 1.72. The van der Waals surface area contributed by atoms with Crippen LogP contribution in [0.5, 0.6) is 0 Å². The van der Waals surface area contributed by atoms with Gasteiger partial charge in [0.25, 0.3) is 5.91 Å². The molecular formula is C11H12N4O. The van der Waals surface area contributed by atoms with Crippen molar-refractivity contribution >= 4 is 28.6 Å². The first kappa shape index (κ1) is 10.2. The van der Waals surface area contributed by atoms with Crippen molar-refractivity contribution in [3.8, 4) is 0 Å². The number of fused-ring (bicyclic) bond motifs is 1. The van der Waals surface area contributed by atoms with E-state index in [0.29, 0.717) is 16.6 Å². The average Bonchev–Trinajstić information content (AvgIpc) is 2.57. The summed E-state index contributed by atoms with van der Waals surface area (Å²) in [6, 6.07) is 3.56. The predicted molar refractivity (Wildman–Crippen MR) is 63.7 cm³/mol. The number of carbonyl (C=O) groups is 1. The molecule has 0 aliphatic rings. The molecule has 2 aromatic rings. The zero-order valence-corrected chi connectivity index (χ0v) is 8.90. The van der Waals surface area contributed by atoms with Crippen molar-refractivity contribution in [1.29, 1.82) is 0 Å². The number of hydrogen-bond acceptors (Lipinski definition) is 3. The van der Waals surface area contributed by atoms with E-state index >= 15 is 0 Å². The quantitative estimate of drug-likeness (QED) is 0.731. The molecule has 0 unspecified atom stereocenters. The number of hydrogen-bond donors (Lipinski definition) is 2. The van der Waals surface area contributed by atoms with Crippen molar-refractivity contribution in [2.75, 3.05) is 5.73 Å². The monoisotopic (exact) mass is 216 g/mol. The van der Waals surface area contributed by atoms with Gasteiger partial charge in [-0.2, -0.15) is 5.10 Å². The number of nitrogens with two attached hydrogens (primary N) is 2. The SMILES string of the molecule is C=Cc1ccc2c(C(N)=O)nn(C)c2c1N. The number of carbonyl (C=O) groups excluding carboxylic acids is 1. The third-order valence-corrected chi connectivity index (χ3v) is 2.53. The van der Waals surface area contributed by atoms with Crippen LogP contribution in [0.1, 0.15) is 16.1 Å². The molecule has 0 fully saturated rings. The fourth-order valence-corrected chi connectivity index (χ4v) is 1.78. The van der Waals surface area contributed by atoms with Crippen LogP contribution >= 0.6 is 0 Å². The molecule has 1 aromatic carbocycles. The summed E-state index contributed by atoms with van der Waals surface area (Å²) in [4.78, 5) is 11.2. The maximum Gasteiger partial charge on any atom is 0.269 e. The summed E-state index contributed by atoms with van der Waals surface area (Å²) >= 11 is 0. The van der Waals surface area contributed by atoms with E-state index in [1.54, 1.807) is 29.9 Å². The van der Waals surface area contributed by atoms with Gasteiger partial charge in [0.1, 0.15) is 0 Å². The van der Waals surface area contributed by atoms with E-state index in [1.807, 2.05) is 0 Å². The lowest BCUT2D eigenvalue weighted by Crippen LogP contribution is -2.12. The van der Waals surface area contributed by atoms with Crippen LogP contribution in [0.2, 0.25) is 0 Å². The zero-order valence-electron chi connectivity index (χ0n) is 8.90. The molecule has 1 amide bonds. The summed E-state index contributed by atoms with van der Waals surface area (Å²) < 4.78 is 1.55. The molecule has 82 valence electrons. The van der Waals surface area contributed by atoms with Crippen molar-refractivity contribution < 1.29 is 4.79 Å². The van der Waals surface area contributed by atoms with Gasteiger partial charge in [-0.1, -0.05) is 18.7 Å². The number of benzene rings is 1. The molecule has 0 spiro atoms. The Labute approximate surface area is 92.3 Å². The van der Waals surface area contributed by atoms with E-state index in [4.69, 9.17) is 11.5 Å². The Morgan fingerprint density at radius 1 is 1.56 bits per heavy atom. The first-order valence-electron chi connectivity index (χ1n) is 4.73. The van der Waals surface area contributed by atoms with E-state index in [-0.39, 0.29) is 5.69 Å². The van der Waals surface area contributed by atoms with Crippen LogP contribution in [0.3, 0.4) is 0 Å². The van der Waals surface area contributed by atoms with Gasteiger partial charge in [-0.25, -0.2) is 0 Å². The van der Waals surface area contributed by atoms with Crippen molar-refractivity contribution in [3.05, 3.63) is 30.0 Å². The number of aryl methyl sites for hydroxylation is 1. The second-order valence-corrected chi connectivity index (χ2v) is 3.51. The molecule has 0 atom stereocenters. The van der Waals surface area contributed by atoms with Crippen LogP contribution < -0.4 is 11.5 Å². The van der Waals surface area contributed by atoms with Crippen molar-refractivity contribution in [2.24, 2.45) is 12.8 Å². The van der Waals surface area contributed by atoms with Crippen LogP contribution in [-0.4, -0.2) is 15.7 Å². The number of anilines is 1. The molecule has 0 aliphatic carbocycles. The maximum atomic E-state index is 11.2. The van der Waals surface area contributed by atoms with Crippen LogP contribution in [0.25, 0.3) is 17.0 Å². The zero-order chi connectivity index (χ0) is 11.9. The first-order chi connectivity index (χ1) is 7.56. The summed E-state index contributed by atoms with van der Waals surface area (Å²) in [5.41, 5.74) is 13.5. The highest BCUT2D eigenvalue weighted by Gasteiger charge is 2.15. The number of nitrogen functional groups attached to an aromatic ring is 1. The highest BCUT2D eigenvalue weighted by atomic mass is 16.1. The number of primary amides is 1. The normalized spacial score (nSPS) is 10.6.